The van der Waals surface area contributed by atoms with Gasteiger partial charge in [-0.2, -0.15) is 0 Å². The van der Waals surface area contributed by atoms with E-state index in [2.05, 4.69) is 84.9 Å². The maximum absolute atomic E-state index is 6.56. The van der Waals surface area contributed by atoms with Gasteiger partial charge in [-0.3, -0.25) is 0 Å². The Bertz CT molecular complexity index is 2650. The Morgan fingerprint density at radius 1 is 0.143 bits per heavy atom. The maximum Gasteiger partial charge on any atom is 0.123 e. The van der Waals surface area contributed by atoms with Gasteiger partial charge in [0.15, 0.2) is 0 Å². The lowest BCUT2D eigenvalue weighted by Gasteiger charge is -2.22. The van der Waals surface area contributed by atoms with E-state index in [1.54, 1.807) is 0 Å². The van der Waals surface area contributed by atoms with Crippen LogP contribution in [0.4, 0.5) is 0 Å². The van der Waals surface area contributed by atoms with Gasteiger partial charge in [-0.15, -0.1) is 0 Å². The first kappa shape index (κ1) is 68.6. The zero-order valence-corrected chi connectivity index (χ0v) is 56.6. The Morgan fingerprint density at radius 2 is 0.209 bits per heavy atom. The molecule has 7 aromatic carbocycles. The second-order valence-corrected chi connectivity index (χ2v) is 21.8. The fourth-order valence-electron chi connectivity index (χ4n) is 11.9. The van der Waals surface area contributed by atoms with Gasteiger partial charge < -0.3 is 66.3 Å². The van der Waals surface area contributed by atoms with Gasteiger partial charge in [0.25, 0.3) is 0 Å². The summed E-state index contributed by atoms with van der Waals surface area (Å²) in [4.78, 5) is 0. The highest BCUT2D eigenvalue weighted by atomic mass is 16.5. The average Bonchev–Trinajstić information content (AvgIpc) is 0.965. The van der Waals surface area contributed by atoms with Crippen LogP contribution < -0.4 is 66.3 Å². The second kappa shape index (κ2) is 34.2. The summed E-state index contributed by atoms with van der Waals surface area (Å²) < 4.78 is 91.8. The highest BCUT2D eigenvalue weighted by molar-refractivity contribution is 5.61. The van der Waals surface area contributed by atoms with Crippen LogP contribution in [-0.2, 0) is 44.9 Å². The molecule has 91 heavy (non-hydrogen) atoms. The fraction of sp³-hybridized carbons (Fsp3) is 0.455. The summed E-state index contributed by atoms with van der Waals surface area (Å²) in [5.41, 5.74) is 13.3. The van der Waals surface area contributed by atoms with Crippen LogP contribution in [0, 0.1) is 0 Å². The van der Waals surface area contributed by atoms with E-state index in [1.807, 2.05) is 96.9 Å². The molecule has 0 heterocycles. The standard InChI is InChI=1S/C77H98O14/c1-15-78-64-36-51-30-53-39-69(83-20-6)55(41-68(53)82-19-5)32-57-43-73(87-24-10)59(45-72(57)86-23-9)34-61-47-77(91-28-14)63(49-76(61)90-27-13)35-62-48-74(88-25-11)60(46-75(62)89-26-12)33-58-44-70(84-21-7)56(42-71(58)85-22-8)31-54-40-66(80-17-3)52(38-67(54)81-18-4)29-50(64)37-65(51)79-16-2/h36-49H,15-35H2,1-14H3. The molecule has 21 rings (SSSR count). The molecule has 0 amide bonds. The van der Waals surface area contributed by atoms with Crippen LogP contribution in [0.1, 0.15) is 175 Å². The minimum Gasteiger partial charge on any atom is -0.494 e. The molecule has 0 unspecified atom stereocenters. The lowest BCUT2D eigenvalue weighted by Crippen LogP contribution is -2.08. The summed E-state index contributed by atoms with van der Waals surface area (Å²) >= 11 is 0. The molecule has 14 nitrogen and oxygen atoms in total. The van der Waals surface area contributed by atoms with Crippen molar-refractivity contribution in [1.29, 1.82) is 0 Å². The van der Waals surface area contributed by atoms with Crippen LogP contribution >= 0.6 is 0 Å². The molecule has 14 heteroatoms. The highest BCUT2D eigenvalue weighted by Gasteiger charge is 2.26. The maximum atomic E-state index is 6.56. The molecule has 0 saturated heterocycles. The fourth-order valence-corrected chi connectivity index (χ4v) is 11.9. The molecule has 0 aliphatic heterocycles. The van der Waals surface area contributed by atoms with E-state index >= 15 is 0 Å². The van der Waals surface area contributed by atoms with Gasteiger partial charge in [-0.1, -0.05) is 0 Å². The number of rotatable bonds is 28. The predicted octanol–water partition coefficient (Wildman–Crippen LogP) is 16.7. The van der Waals surface area contributed by atoms with Gasteiger partial charge in [0.05, 0.1) is 92.5 Å². The van der Waals surface area contributed by atoms with Crippen molar-refractivity contribution in [3.05, 3.63) is 163 Å². The van der Waals surface area contributed by atoms with Crippen LogP contribution in [0.3, 0.4) is 0 Å². The molecule has 0 N–H and O–H groups in total. The molecule has 0 spiro atoms. The Labute approximate surface area is 541 Å². The smallest absolute Gasteiger partial charge is 0.123 e. The van der Waals surface area contributed by atoms with E-state index in [0.717, 1.165) is 158 Å². The van der Waals surface area contributed by atoms with Gasteiger partial charge in [0, 0.05) is 123 Å². The predicted molar refractivity (Wildman–Crippen MR) is 361 cm³/mol. The summed E-state index contributed by atoms with van der Waals surface area (Å²) in [6.45, 7) is 34.6. The molecule has 14 bridgehead atoms. The average molecular weight is 1250 g/mol. The summed E-state index contributed by atoms with van der Waals surface area (Å²) in [6, 6.07) is 29.7. The number of hydrogen-bond acceptors (Lipinski definition) is 14. The molecule has 14 aliphatic rings. The number of ether oxygens (including phenoxy) is 14. The first-order chi connectivity index (χ1) is 44.4. The molecule has 0 aromatic heterocycles. The van der Waals surface area contributed by atoms with E-state index in [1.165, 1.54) is 0 Å². The van der Waals surface area contributed by atoms with Crippen molar-refractivity contribution in [3.63, 3.8) is 0 Å². The molecule has 7 aromatic rings. The van der Waals surface area contributed by atoms with Gasteiger partial charge in [-0.25, -0.2) is 0 Å². The third kappa shape index (κ3) is 17.2. The summed E-state index contributed by atoms with van der Waals surface area (Å²) in [6.07, 6.45) is 3.35. The van der Waals surface area contributed by atoms with Crippen molar-refractivity contribution in [1.82, 2.24) is 0 Å². The normalized spacial score (nSPS) is 12.2. The lowest BCUT2D eigenvalue weighted by molar-refractivity contribution is 0.319. The Morgan fingerprint density at radius 3 is 0.264 bits per heavy atom. The van der Waals surface area contributed by atoms with Crippen LogP contribution in [0.25, 0.3) is 0 Å². The van der Waals surface area contributed by atoms with Crippen molar-refractivity contribution < 1.29 is 66.3 Å². The Hall–Kier alpha value is -8.26. The molecular weight excluding hydrogens is 1150 g/mol. The van der Waals surface area contributed by atoms with Gasteiger partial charge in [0.2, 0.25) is 0 Å². The van der Waals surface area contributed by atoms with E-state index in [9.17, 15) is 0 Å². The summed E-state index contributed by atoms with van der Waals surface area (Å²) in [5.74, 6) is 10.5. The van der Waals surface area contributed by atoms with Crippen LogP contribution in [-0.4, -0.2) is 92.5 Å². The van der Waals surface area contributed by atoms with E-state index in [0.29, 0.717) is 137 Å². The summed E-state index contributed by atoms with van der Waals surface area (Å²) in [5, 5.41) is 0. The van der Waals surface area contributed by atoms with E-state index < -0.39 is 0 Å². The molecule has 0 fully saturated rings. The van der Waals surface area contributed by atoms with Crippen molar-refractivity contribution in [2.24, 2.45) is 0 Å². The third-order valence-electron chi connectivity index (χ3n) is 15.6. The quantitative estimate of drug-likeness (QED) is 0.0461. The molecule has 14 aliphatic carbocycles. The lowest BCUT2D eigenvalue weighted by atomic mass is 9.93. The number of benzene rings is 7. The van der Waals surface area contributed by atoms with Crippen molar-refractivity contribution in [2.45, 2.75) is 142 Å². The van der Waals surface area contributed by atoms with Gasteiger partial charge >= 0.3 is 0 Å². The minimum absolute atomic E-state index is 0.459. The van der Waals surface area contributed by atoms with Crippen LogP contribution in [0.15, 0.2) is 84.9 Å². The SMILES string of the molecule is CCOc1cc2c(OCC)cc1Cc1cc(OCC)c(cc1OCC)Cc1cc(OCC)c(cc1OCC)Cc1cc(OCC)c(cc1OCC)Cc1cc(OCC)c(cc1OCC)Cc1cc(OCC)c(cc1OCC)Cc1cc(OCC)c(cc1OCC)C2. The first-order valence-corrected chi connectivity index (χ1v) is 33.3. The zero-order valence-electron chi connectivity index (χ0n) is 56.6. The topological polar surface area (TPSA) is 129 Å². The second-order valence-electron chi connectivity index (χ2n) is 21.8. The van der Waals surface area contributed by atoms with Gasteiger partial charge in [0.1, 0.15) is 80.5 Å². The number of hydrogen-bond donors (Lipinski definition) is 0. The monoisotopic (exact) mass is 1250 g/mol. The molecule has 0 atom stereocenters. The molecule has 0 radical (unpaired) electrons. The van der Waals surface area contributed by atoms with Crippen LogP contribution in [0.2, 0.25) is 0 Å². The Balaban J connectivity index is 1.39. The highest BCUT2D eigenvalue weighted by Crippen LogP contribution is 2.45. The Kier molecular flexibility index (Phi) is 25.8. The molecule has 0 saturated carbocycles. The molecule has 490 valence electrons. The zero-order chi connectivity index (χ0) is 64.8. The van der Waals surface area contributed by atoms with E-state index in [-0.39, 0.29) is 0 Å². The van der Waals surface area contributed by atoms with Crippen LogP contribution in [0.5, 0.6) is 80.5 Å². The first-order valence-electron chi connectivity index (χ1n) is 33.3. The third-order valence-corrected chi connectivity index (χ3v) is 15.6. The minimum atomic E-state index is 0.459. The van der Waals surface area contributed by atoms with Crippen molar-refractivity contribution in [2.75, 3.05) is 92.5 Å². The van der Waals surface area contributed by atoms with Gasteiger partial charge in [-0.05, 0) is 182 Å². The van der Waals surface area contributed by atoms with Crippen molar-refractivity contribution in [3.8, 4) is 80.5 Å². The summed E-state index contributed by atoms with van der Waals surface area (Å²) in [7, 11) is 0. The van der Waals surface area contributed by atoms with Crippen molar-refractivity contribution >= 4 is 0 Å². The molecular formula is C77H98O14. The largest absolute Gasteiger partial charge is 0.494 e. The van der Waals surface area contributed by atoms with E-state index in [4.69, 9.17) is 66.3 Å².